The molecule has 8 heteroatoms. The fraction of sp³-hybridized carbons (Fsp3) is 0.393. The van der Waals surface area contributed by atoms with Gasteiger partial charge in [-0.05, 0) is 68.7 Å². The van der Waals surface area contributed by atoms with Crippen LogP contribution in [0.25, 0.3) is 6.08 Å². The molecule has 2 aromatic rings. The molecule has 0 spiro atoms. The Bertz CT molecular complexity index is 1130. The lowest BCUT2D eigenvalue weighted by Gasteiger charge is -2.18. The Morgan fingerprint density at radius 2 is 1.89 bits per heavy atom. The van der Waals surface area contributed by atoms with Crippen molar-refractivity contribution in [1.82, 2.24) is 0 Å². The third-order valence-electron chi connectivity index (χ3n) is 5.75. The number of anilines is 1. The minimum Gasteiger partial charge on any atom is -0.490 e. The van der Waals surface area contributed by atoms with Gasteiger partial charge in [0.2, 0.25) is 0 Å². The van der Waals surface area contributed by atoms with E-state index in [4.69, 9.17) is 21.7 Å². The Kier molecular flexibility index (Phi) is 10.4. The first-order chi connectivity index (χ1) is 17.3. The van der Waals surface area contributed by atoms with Gasteiger partial charge in [0.25, 0.3) is 5.91 Å². The van der Waals surface area contributed by atoms with Crippen molar-refractivity contribution in [2.45, 2.75) is 65.4 Å². The van der Waals surface area contributed by atoms with Crippen LogP contribution in [-0.2, 0) is 4.79 Å². The quantitative estimate of drug-likeness (QED) is 0.166. The normalized spacial score (nSPS) is 15.4. The molecule has 0 saturated carbocycles. The van der Waals surface area contributed by atoms with Gasteiger partial charge in [-0.3, -0.25) is 9.69 Å². The van der Waals surface area contributed by atoms with Gasteiger partial charge in [0.1, 0.15) is 0 Å². The van der Waals surface area contributed by atoms with E-state index in [-0.39, 0.29) is 17.6 Å². The zero-order chi connectivity index (χ0) is 26.1. The van der Waals surface area contributed by atoms with Crippen LogP contribution in [0.1, 0.15) is 75.2 Å². The first-order valence-corrected chi connectivity index (χ1v) is 13.6. The largest absolute Gasteiger partial charge is 0.490 e. The summed E-state index contributed by atoms with van der Waals surface area (Å²) in [4.78, 5) is 26.3. The number of carbonyl (C=O) groups excluding carboxylic acids is 1. The predicted octanol–water partition coefficient (Wildman–Crippen LogP) is 7.32. The van der Waals surface area contributed by atoms with Gasteiger partial charge in [-0.15, -0.1) is 0 Å². The number of thiocarbonyl (C=S) groups is 1. The van der Waals surface area contributed by atoms with Gasteiger partial charge >= 0.3 is 5.97 Å². The van der Waals surface area contributed by atoms with E-state index in [0.29, 0.717) is 33.0 Å². The standard InChI is InChI=1S/C28H33NO5S2/c1-4-6-7-8-9-11-19(3)34-23-15-14-20(16-24(23)33-5-2)17-25-26(30)29(28(35)36-25)22-13-10-12-21(18-22)27(31)32/h10,12-19H,4-9,11H2,1-3H3,(H,31,32)/b25-17+/t19-/m1/s1. The number of amides is 1. The van der Waals surface area contributed by atoms with Gasteiger partial charge < -0.3 is 14.6 Å². The Labute approximate surface area is 222 Å². The fourth-order valence-corrected chi connectivity index (χ4v) is 5.21. The molecule has 36 heavy (non-hydrogen) atoms. The molecule has 1 fully saturated rings. The lowest BCUT2D eigenvalue weighted by atomic mass is 10.1. The first-order valence-electron chi connectivity index (χ1n) is 12.4. The minimum absolute atomic E-state index is 0.0782. The molecule has 1 heterocycles. The number of carboxylic acids is 1. The average molecular weight is 528 g/mol. The molecule has 3 rings (SSSR count). The van der Waals surface area contributed by atoms with Crippen LogP contribution in [0.15, 0.2) is 47.4 Å². The van der Waals surface area contributed by atoms with E-state index in [1.165, 1.54) is 54.5 Å². The second-order valence-electron chi connectivity index (χ2n) is 8.64. The Morgan fingerprint density at radius 3 is 2.61 bits per heavy atom. The van der Waals surface area contributed by atoms with Gasteiger partial charge in [0, 0.05) is 0 Å². The minimum atomic E-state index is -1.06. The van der Waals surface area contributed by atoms with Gasteiger partial charge in [-0.25, -0.2) is 4.79 Å². The molecule has 1 saturated heterocycles. The van der Waals surface area contributed by atoms with Crippen molar-refractivity contribution in [3.05, 3.63) is 58.5 Å². The number of hydrogen-bond acceptors (Lipinski definition) is 6. The summed E-state index contributed by atoms with van der Waals surface area (Å²) in [5, 5.41) is 9.28. The molecule has 0 bridgehead atoms. The lowest BCUT2D eigenvalue weighted by Crippen LogP contribution is -2.27. The number of carboxylic acid groups (broad SMARTS) is 1. The molecular weight excluding hydrogens is 494 g/mol. The van der Waals surface area contributed by atoms with Crippen LogP contribution in [-0.4, -0.2) is 34.0 Å². The van der Waals surface area contributed by atoms with Crippen LogP contribution in [0, 0.1) is 0 Å². The predicted molar refractivity (Wildman–Crippen MR) is 150 cm³/mol. The second kappa shape index (κ2) is 13.5. The molecule has 1 N–H and O–H groups in total. The summed E-state index contributed by atoms with van der Waals surface area (Å²) in [6.45, 7) is 6.71. The Hall–Kier alpha value is -2.84. The summed E-state index contributed by atoms with van der Waals surface area (Å²) in [5.74, 6) is -0.0289. The maximum atomic E-state index is 13.1. The van der Waals surface area contributed by atoms with Crippen LogP contribution in [0.3, 0.4) is 0 Å². The van der Waals surface area contributed by atoms with E-state index < -0.39 is 5.97 Å². The summed E-state index contributed by atoms with van der Waals surface area (Å²) in [7, 11) is 0. The summed E-state index contributed by atoms with van der Waals surface area (Å²) in [6.07, 6.45) is 8.97. The monoisotopic (exact) mass is 527 g/mol. The molecule has 2 aromatic carbocycles. The number of rotatable bonds is 13. The molecule has 192 valence electrons. The van der Waals surface area contributed by atoms with E-state index in [1.54, 1.807) is 18.2 Å². The molecule has 1 aliphatic rings. The smallest absolute Gasteiger partial charge is 0.335 e. The highest BCUT2D eigenvalue weighted by atomic mass is 32.2. The summed E-state index contributed by atoms with van der Waals surface area (Å²) < 4.78 is 12.4. The molecule has 1 atom stereocenters. The van der Waals surface area contributed by atoms with Gasteiger partial charge in [-0.2, -0.15) is 0 Å². The van der Waals surface area contributed by atoms with Crippen molar-refractivity contribution in [3.63, 3.8) is 0 Å². The maximum absolute atomic E-state index is 13.1. The highest BCUT2D eigenvalue weighted by molar-refractivity contribution is 8.27. The molecular formula is C28H33NO5S2. The van der Waals surface area contributed by atoms with Crippen molar-refractivity contribution in [1.29, 1.82) is 0 Å². The molecule has 6 nitrogen and oxygen atoms in total. The van der Waals surface area contributed by atoms with Crippen molar-refractivity contribution < 1.29 is 24.2 Å². The lowest BCUT2D eigenvalue weighted by molar-refractivity contribution is -0.113. The van der Waals surface area contributed by atoms with Gasteiger partial charge in [0.05, 0.1) is 28.9 Å². The second-order valence-corrected chi connectivity index (χ2v) is 10.3. The van der Waals surface area contributed by atoms with Crippen molar-refractivity contribution >= 4 is 51.9 Å². The van der Waals surface area contributed by atoms with Gasteiger partial charge in [0.15, 0.2) is 15.8 Å². The zero-order valence-corrected chi connectivity index (χ0v) is 22.6. The molecule has 1 aliphatic heterocycles. The highest BCUT2D eigenvalue weighted by Gasteiger charge is 2.33. The van der Waals surface area contributed by atoms with Gasteiger partial charge in [-0.1, -0.05) is 68.7 Å². The van der Waals surface area contributed by atoms with Crippen LogP contribution in [0.5, 0.6) is 11.5 Å². The number of unbranched alkanes of at least 4 members (excludes halogenated alkanes) is 4. The van der Waals surface area contributed by atoms with Crippen molar-refractivity contribution in [3.8, 4) is 11.5 Å². The number of ether oxygens (including phenoxy) is 2. The summed E-state index contributed by atoms with van der Waals surface area (Å²) >= 11 is 6.61. The topological polar surface area (TPSA) is 76.1 Å². The number of nitrogens with zero attached hydrogens (tertiary/aromatic N) is 1. The average Bonchev–Trinajstić information content (AvgIpc) is 3.13. The SMILES string of the molecule is CCCCCCC[C@@H](C)Oc1ccc(/C=C2/SC(=S)N(c3cccc(C(=O)O)c3)C2=O)cc1OCC. The Balaban J connectivity index is 1.74. The number of benzene rings is 2. The van der Waals surface area contributed by atoms with Crippen molar-refractivity contribution in [2.75, 3.05) is 11.5 Å². The van der Waals surface area contributed by atoms with Crippen LogP contribution in [0.4, 0.5) is 5.69 Å². The van der Waals surface area contributed by atoms with Crippen LogP contribution < -0.4 is 14.4 Å². The third kappa shape index (κ3) is 7.34. The third-order valence-corrected chi connectivity index (χ3v) is 7.05. The fourth-order valence-electron chi connectivity index (χ4n) is 3.91. The number of thioether (sulfide) groups is 1. The maximum Gasteiger partial charge on any atom is 0.335 e. The van der Waals surface area contributed by atoms with Crippen LogP contribution in [0.2, 0.25) is 0 Å². The number of hydrogen-bond donors (Lipinski definition) is 1. The van der Waals surface area contributed by atoms with Crippen LogP contribution >= 0.6 is 24.0 Å². The summed E-state index contributed by atoms with van der Waals surface area (Å²) in [5.41, 5.74) is 1.32. The molecule has 1 amide bonds. The summed E-state index contributed by atoms with van der Waals surface area (Å²) in [6, 6.07) is 11.8. The zero-order valence-electron chi connectivity index (χ0n) is 21.0. The molecule has 0 radical (unpaired) electrons. The first kappa shape index (κ1) is 27.7. The van der Waals surface area contributed by atoms with E-state index in [0.717, 1.165) is 18.4 Å². The van der Waals surface area contributed by atoms with E-state index in [2.05, 4.69) is 13.8 Å². The van der Waals surface area contributed by atoms with E-state index >= 15 is 0 Å². The molecule has 0 aliphatic carbocycles. The molecule has 0 unspecified atom stereocenters. The Morgan fingerprint density at radius 1 is 1.11 bits per heavy atom. The molecule has 0 aromatic heterocycles. The van der Waals surface area contributed by atoms with E-state index in [1.807, 2.05) is 25.1 Å². The number of carbonyl (C=O) groups is 2. The number of aromatic carboxylic acids is 1. The van der Waals surface area contributed by atoms with E-state index in [9.17, 15) is 14.7 Å². The highest BCUT2D eigenvalue weighted by Crippen LogP contribution is 2.37. The van der Waals surface area contributed by atoms with Crippen molar-refractivity contribution in [2.24, 2.45) is 0 Å².